The van der Waals surface area contributed by atoms with Gasteiger partial charge in [-0.15, -0.1) is 0 Å². The van der Waals surface area contributed by atoms with Gasteiger partial charge in [0.1, 0.15) is 0 Å². The normalized spacial score (nSPS) is 21.6. The topological polar surface area (TPSA) is 46.1 Å². The van der Waals surface area contributed by atoms with Crippen molar-refractivity contribution in [1.82, 2.24) is 9.97 Å². The van der Waals surface area contributed by atoms with Gasteiger partial charge in [0.05, 0.1) is 6.20 Å². The molecule has 1 amide bonds. The van der Waals surface area contributed by atoms with Crippen LogP contribution >= 0.6 is 12.6 Å². The Kier molecular flexibility index (Phi) is 2.67. The number of rotatable bonds is 2. The Morgan fingerprint density at radius 3 is 3.00 bits per heavy atom. The molecule has 2 rings (SSSR count). The van der Waals surface area contributed by atoms with Crippen molar-refractivity contribution in [3.63, 3.8) is 0 Å². The average Bonchev–Trinajstić information content (AvgIpc) is 2.61. The molecule has 14 heavy (non-hydrogen) atoms. The van der Waals surface area contributed by atoms with E-state index in [0.717, 1.165) is 5.75 Å². The monoisotopic (exact) mass is 209 g/mol. The molecule has 1 atom stereocenters. The molecule has 1 aromatic heterocycles. The minimum absolute atomic E-state index is 0.115. The Morgan fingerprint density at radius 2 is 2.43 bits per heavy atom. The number of nitrogens with zero attached hydrogens (tertiary/aromatic N) is 3. The highest BCUT2D eigenvalue weighted by atomic mass is 32.1. The van der Waals surface area contributed by atoms with Crippen LogP contribution in [0.15, 0.2) is 18.6 Å². The fourth-order valence-corrected chi connectivity index (χ4v) is 1.80. The molecule has 0 aliphatic carbocycles. The lowest BCUT2D eigenvalue weighted by atomic mass is 10.1. The van der Waals surface area contributed by atoms with E-state index in [0.29, 0.717) is 24.7 Å². The molecule has 1 aliphatic rings. The molecule has 0 N–H and O–H groups in total. The van der Waals surface area contributed by atoms with Crippen molar-refractivity contribution in [3.8, 4) is 0 Å². The Bertz CT molecular complexity index is 330. The standard InChI is InChI=1S/C9H11N3OS/c13-9-3-7(6-14)5-12(9)8-4-10-1-2-11-8/h1-2,4,7,14H,3,5-6H2. The number of hydrogen-bond donors (Lipinski definition) is 1. The minimum atomic E-state index is 0.115. The van der Waals surface area contributed by atoms with Crippen LogP contribution in [-0.2, 0) is 4.79 Å². The first-order valence-corrected chi connectivity index (χ1v) is 5.11. The summed E-state index contributed by atoms with van der Waals surface area (Å²) in [6.07, 6.45) is 5.37. The van der Waals surface area contributed by atoms with Gasteiger partial charge in [-0.1, -0.05) is 0 Å². The van der Waals surface area contributed by atoms with E-state index in [1.54, 1.807) is 23.5 Å². The molecule has 0 saturated carbocycles. The summed E-state index contributed by atoms with van der Waals surface area (Å²) < 4.78 is 0. The molecule has 2 heterocycles. The Balaban J connectivity index is 2.17. The van der Waals surface area contributed by atoms with Crippen molar-refractivity contribution in [2.24, 2.45) is 5.92 Å². The van der Waals surface area contributed by atoms with Gasteiger partial charge in [-0.25, -0.2) is 4.98 Å². The second kappa shape index (κ2) is 3.96. The molecule has 5 heteroatoms. The molecule has 1 saturated heterocycles. The van der Waals surface area contributed by atoms with E-state index in [9.17, 15) is 4.79 Å². The zero-order valence-electron chi connectivity index (χ0n) is 7.63. The minimum Gasteiger partial charge on any atom is -0.295 e. The average molecular weight is 209 g/mol. The molecule has 0 aromatic carbocycles. The summed E-state index contributed by atoms with van der Waals surface area (Å²) in [7, 11) is 0. The van der Waals surface area contributed by atoms with Gasteiger partial charge in [-0.2, -0.15) is 12.6 Å². The highest BCUT2D eigenvalue weighted by Crippen LogP contribution is 2.22. The first-order valence-electron chi connectivity index (χ1n) is 4.48. The molecule has 1 fully saturated rings. The van der Waals surface area contributed by atoms with E-state index in [1.165, 1.54) is 0 Å². The predicted octanol–water partition coefficient (Wildman–Crippen LogP) is 0.759. The van der Waals surface area contributed by atoms with Gasteiger partial charge in [0.2, 0.25) is 5.91 Å². The number of carbonyl (C=O) groups excluding carboxylic acids is 1. The highest BCUT2D eigenvalue weighted by molar-refractivity contribution is 7.80. The molecular weight excluding hydrogens is 198 g/mol. The van der Waals surface area contributed by atoms with Gasteiger partial charge >= 0.3 is 0 Å². The van der Waals surface area contributed by atoms with Crippen LogP contribution in [0.4, 0.5) is 5.82 Å². The van der Waals surface area contributed by atoms with Crippen LogP contribution in [0, 0.1) is 5.92 Å². The molecular formula is C9H11N3OS. The number of anilines is 1. The van der Waals surface area contributed by atoms with Crippen LogP contribution in [0.25, 0.3) is 0 Å². The van der Waals surface area contributed by atoms with Crippen LogP contribution in [0.1, 0.15) is 6.42 Å². The molecule has 0 radical (unpaired) electrons. The zero-order valence-corrected chi connectivity index (χ0v) is 8.52. The van der Waals surface area contributed by atoms with Crippen molar-refractivity contribution in [2.75, 3.05) is 17.2 Å². The van der Waals surface area contributed by atoms with Crippen LogP contribution in [0.3, 0.4) is 0 Å². The van der Waals surface area contributed by atoms with E-state index in [1.807, 2.05) is 0 Å². The third-order valence-electron chi connectivity index (χ3n) is 2.29. The Hall–Kier alpha value is -1.10. The highest BCUT2D eigenvalue weighted by Gasteiger charge is 2.30. The largest absolute Gasteiger partial charge is 0.295 e. The second-order valence-corrected chi connectivity index (χ2v) is 3.69. The predicted molar refractivity (Wildman–Crippen MR) is 56.3 cm³/mol. The third kappa shape index (κ3) is 1.72. The van der Waals surface area contributed by atoms with Gasteiger partial charge in [-0.05, 0) is 11.7 Å². The SMILES string of the molecule is O=C1CC(CS)CN1c1cnccn1. The number of carbonyl (C=O) groups is 1. The van der Waals surface area contributed by atoms with Gasteiger partial charge in [0.25, 0.3) is 0 Å². The first-order chi connectivity index (χ1) is 6.81. The molecule has 74 valence electrons. The lowest BCUT2D eigenvalue weighted by Crippen LogP contribution is -2.25. The molecule has 1 aliphatic heterocycles. The van der Waals surface area contributed by atoms with E-state index >= 15 is 0 Å². The van der Waals surface area contributed by atoms with Gasteiger partial charge in [0, 0.05) is 25.4 Å². The quantitative estimate of drug-likeness (QED) is 0.731. The summed E-state index contributed by atoms with van der Waals surface area (Å²) >= 11 is 4.19. The van der Waals surface area contributed by atoms with E-state index in [-0.39, 0.29) is 5.91 Å². The van der Waals surface area contributed by atoms with E-state index in [2.05, 4.69) is 22.6 Å². The summed E-state index contributed by atoms with van der Waals surface area (Å²) in [5, 5.41) is 0. The maximum Gasteiger partial charge on any atom is 0.228 e. The number of aromatic nitrogens is 2. The Morgan fingerprint density at radius 1 is 1.57 bits per heavy atom. The number of thiol groups is 1. The Labute approximate surface area is 87.8 Å². The van der Waals surface area contributed by atoms with Crippen molar-refractivity contribution in [1.29, 1.82) is 0 Å². The van der Waals surface area contributed by atoms with Crippen molar-refractivity contribution in [2.45, 2.75) is 6.42 Å². The summed E-state index contributed by atoms with van der Waals surface area (Å²) in [6, 6.07) is 0. The summed E-state index contributed by atoms with van der Waals surface area (Å²) in [5.74, 6) is 1.84. The summed E-state index contributed by atoms with van der Waals surface area (Å²) in [4.78, 5) is 21.3. The lowest BCUT2D eigenvalue weighted by molar-refractivity contribution is -0.117. The zero-order chi connectivity index (χ0) is 9.97. The maximum absolute atomic E-state index is 11.6. The van der Waals surface area contributed by atoms with Crippen LogP contribution in [-0.4, -0.2) is 28.2 Å². The molecule has 4 nitrogen and oxygen atoms in total. The molecule has 0 bridgehead atoms. The second-order valence-electron chi connectivity index (χ2n) is 3.32. The maximum atomic E-state index is 11.6. The van der Waals surface area contributed by atoms with E-state index in [4.69, 9.17) is 0 Å². The number of hydrogen-bond acceptors (Lipinski definition) is 4. The van der Waals surface area contributed by atoms with Crippen LogP contribution in [0.5, 0.6) is 0 Å². The van der Waals surface area contributed by atoms with Gasteiger partial charge in [0.15, 0.2) is 5.82 Å². The fourth-order valence-electron chi connectivity index (χ4n) is 1.56. The van der Waals surface area contributed by atoms with Crippen LogP contribution < -0.4 is 4.90 Å². The summed E-state index contributed by atoms with van der Waals surface area (Å²) in [6.45, 7) is 0.709. The van der Waals surface area contributed by atoms with Crippen molar-refractivity contribution >= 4 is 24.4 Å². The lowest BCUT2D eigenvalue weighted by Gasteiger charge is -2.13. The van der Waals surface area contributed by atoms with E-state index < -0.39 is 0 Å². The molecule has 1 aromatic rings. The molecule has 1 unspecified atom stereocenters. The number of amides is 1. The van der Waals surface area contributed by atoms with Gasteiger partial charge < -0.3 is 0 Å². The summed E-state index contributed by atoms with van der Waals surface area (Å²) in [5.41, 5.74) is 0. The molecule has 0 spiro atoms. The van der Waals surface area contributed by atoms with Crippen molar-refractivity contribution in [3.05, 3.63) is 18.6 Å². The van der Waals surface area contributed by atoms with Gasteiger partial charge in [-0.3, -0.25) is 14.7 Å². The first kappa shape index (κ1) is 9.45. The van der Waals surface area contributed by atoms with Crippen LogP contribution in [0.2, 0.25) is 0 Å². The third-order valence-corrected chi connectivity index (χ3v) is 2.81. The smallest absolute Gasteiger partial charge is 0.228 e. The fraction of sp³-hybridized carbons (Fsp3) is 0.444. The van der Waals surface area contributed by atoms with Crippen molar-refractivity contribution < 1.29 is 4.79 Å².